The Balaban J connectivity index is 1.65. The van der Waals surface area contributed by atoms with Crippen LogP contribution in [0.1, 0.15) is 26.4 Å². The average Bonchev–Trinajstić information content (AvgIpc) is 3.00. The Bertz CT molecular complexity index is 946. The predicted octanol–water partition coefficient (Wildman–Crippen LogP) is 4.57. The van der Waals surface area contributed by atoms with E-state index in [1.165, 1.54) is 11.3 Å². The molecule has 0 aliphatic carbocycles. The second-order valence-electron chi connectivity index (χ2n) is 5.85. The molecule has 4 rings (SSSR count). The summed E-state index contributed by atoms with van der Waals surface area (Å²) in [4.78, 5) is 18.2. The van der Waals surface area contributed by atoms with E-state index < -0.39 is 0 Å². The maximum atomic E-state index is 12.6. The van der Waals surface area contributed by atoms with Crippen molar-refractivity contribution < 1.29 is 9.53 Å². The van der Waals surface area contributed by atoms with Crippen LogP contribution < -0.4 is 10.1 Å². The largest absolute Gasteiger partial charge is 0.487 e. The first-order chi connectivity index (χ1) is 11.6. The normalized spacial score (nSPS) is 12.1. The third kappa shape index (κ3) is 2.57. The second-order valence-corrected chi connectivity index (χ2v) is 6.93. The zero-order valence-electron chi connectivity index (χ0n) is 13.4. The van der Waals surface area contributed by atoms with Crippen molar-refractivity contribution in [3.63, 3.8) is 0 Å². The molecule has 24 heavy (non-hydrogen) atoms. The fourth-order valence-corrected chi connectivity index (χ4v) is 3.67. The minimum atomic E-state index is -0.128. The smallest absolute Gasteiger partial charge is 0.257 e. The van der Waals surface area contributed by atoms with Gasteiger partial charge in [0.15, 0.2) is 5.13 Å². The van der Waals surface area contributed by atoms with Crippen molar-refractivity contribution in [3.05, 3.63) is 64.0 Å². The van der Waals surface area contributed by atoms with Gasteiger partial charge < -0.3 is 4.74 Å². The first-order valence-corrected chi connectivity index (χ1v) is 8.54. The van der Waals surface area contributed by atoms with Crippen LogP contribution in [0.2, 0.25) is 0 Å². The van der Waals surface area contributed by atoms with Crippen LogP contribution in [-0.4, -0.2) is 10.9 Å². The molecule has 0 spiro atoms. The molecule has 1 aliphatic rings. The van der Waals surface area contributed by atoms with E-state index in [0.29, 0.717) is 17.3 Å². The van der Waals surface area contributed by atoms with Crippen LogP contribution in [0.5, 0.6) is 5.75 Å². The Labute approximate surface area is 144 Å². The van der Waals surface area contributed by atoms with Gasteiger partial charge in [0, 0.05) is 11.1 Å². The van der Waals surface area contributed by atoms with Gasteiger partial charge >= 0.3 is 0 Å². The number of ether oxygens (including phenoxy) is 1. The quantitative estimate of drug-likeness (QED) is 0.746. The Morgan fingerprint density at radius 1 is 1.21 bits per heavy atom. The van der Waals surface area contributed by atoms with Crippen molar-refractivity contribution in [2.75, 3.05) is 5.32 Å². The van der Waals surface area contributed by atoms with Crippen LogP contribution >= 0.6 is 11.3 Å². The maximum absolute atomic E-state index is 12.6. The molecule has 2 heterocycles. The number of nitrogens with one attached hydrogen (secondary N) is 1. The van der Waals surface area contributed by atoms with E-state index in [0.717, 1.165) is 33.0 Å². The minimum Gasteiger partial charge on any atom is -0.487 e. The highest BCUT2D eigenvalue weighted by Gasteiger charge is 2.22. The molecule has 120 valence electrons. The lowest BCUT2D eigenvalue weighted by atomic mass is 10.1. The van der Waals surface area contributed by atoms with E-state index in [1.807, 2.05) is 56.3 Å². The molecular formula is C19H16N2O2S. The number of aromatic nitrogens is 1. The summed E-state index contributed by atoms with van der Waals surface area (Å²) < 4.78 is 5.75. The van der Waals surface area contributed by atoms with Gasteiger partial charge in [-0.2, -0.15) is 0 Å². The molecule has 1 aromatic heterocycles. The molecule has 3 aromatic rings. The molecule has 1 amide bonds. The molecule has 0 unspecified atom stereocenters. The number of hydrogen-bond donors (Lipinski definition) is 1. The number of carbonyl (C=O) groups is 1. The van der Waals surface area contributed by atoms with Gasteiger partial charge in [0.05, 0.1) is 10.6 Å². The zero-order valence-corrected chi connectivity index (χ0v) is 14.2. The lowest BCUT2D eigenvalue weighted by molar-refractivity contribution is 0.102. The summed E-state index contributed by atoms with van der Waals surface area (Å²) in [5.74, 6) is 0.708. The van der Waals surface area contributed by atoms with Crippen molar-refractivity contribution in [3.8, 4) is 17.0 Å². The summed E-state index contributed by atoms with van der Waals surface area (Å²) in [5.41, 5.74) is 4.57. The number of carbonyl (C=O) groups excluding carboxylic acids is 1. The van der Waals surface area contributed by atoms with E-state index in [1.54, 1.807) is 0 Å². The van der Waals surface area contributed by atoms with E-state index in [-0.39, 0.29) is 5.91 Å². The van der Waals surface area contributed by atoms with E-state index in [2.05, 4.69) is 10.3 Å². The monoisotopic (exact) mass is 336 g/mol. The van der Waals surface area contributed by atoms with Crippen LogP contribution in [-0.2, 0) is 6.61 Å². The number of hydrogen-bond acceptors (Lipinski definition) is 4. The Morgan fingerprint density at radius 2 is 2.04 bits per heavy atom. The third-order valence-electron chi connectivity index (χ3n) is 4.06. The maximum Gasteiger partial charge on any atom is 0.257 e. The van der Waals surface area contributed by atoms with Crippen molar-refractivity contribution in [1.29, 1.82) is 0 Å². The van der Waals surface area contributed by atoms with E-state index >= 15 is 0 Å². The van der Waals surface area contributed by atoms with Gasteiger partial charge in [-0.25, -0.2) is 4.98 Å². The molecule has 5 heteroatoms. The SMILES string of the molecule is Cc1ccc(C)c(C(=O)Nc2nc3c(s2)COc2ccccc2-3)c1. The lowest BCUT2D eigenvalue weighted by Gasteiger charge is -2.15. The Morgan fingerprint density at radius 3 is 2.92 bits per heavy atom. The predicted molar refractivity (Wildman–Crippen MR) is 95.8 cm³/mol. The number of anilines is 1. The summed E-state index contributed by atoms with van der Waals surface area (Å²) in [6, 6.07) is 13.7. The van der Waals surface area contributed by atoms with Crippen LogP contribution in [0.25, 0.3) is 11.3 Å². The highest BCUT2D eigenvalue weighted by atomic mass is 32.1. The van der Waals surface area contributed by atoms with Gasteiger partial charge in [-0.15, -0.1) is 0 Å². The molecule has 1 N–H and O–H groups in total. The zero-order chi connectivity index (χ0) is 16.7. The molecule has 4 nitrogen and oxygen atoms in total. The number of para-hydroxylation sites is 1. The Hall–Kier alpha value is -2.66. The number of nitrogens with zero attached hydrogens (tertiary/aromatic N) is 1. The van der Waals surface area contributed by atoms with Crippen LogP contribution in [0, 0.1) is 13.8 Å². The van der Waals surface area contributed by atoms with E-state index in [4.69, 9.17) is 4.74 Å². The summed E-state index contributed by atoms with van der Waals surface area (Å²) in [6.45, 7) is 4.40. The number of fused-ring (bicyclic) bond motifs is 3. The van der Waals surface area contributed by atoms with Gasteiger partial charge in [-0.3, -0.25) is 10.1 Å². The molecule has 0 radical (unpaired) electrons. The number of amides is 1. The summed E-state index contributed by atoms with van der Waals surface area (Å²) in [7, 11) is 0. The molecule has 0 bridgehead atoms. The van der Waals surface area contributed by atoms with Crippen molar-refractivity contribution in [2.24, 2.45) is 0 Å². The lowest BCUT2D eigenvalue weighted by Crippen LogP contribution is -2.13. The van der Waals surface area contributed by atoms with Gasteiger partial charge in [0.25, 0.3) is 5.91 Å². The molecular weight excluding hydrogens is 320 g/mol. The molecule has 1 aliphatic heterocycles. The Kier molecular flexibility index (Phi) is 3.58. The van der Waals surface area contributed by atoms with Gasteiger partial charge in [0.2, 0.25) is 0 Å². The van der Waals surface area contributed by atoms with Gasteiger partial charge in [0.1, 0.15) is 12.4 Å². The fraction of sp³-hybridized carbons (Fsp3) is 0.158. The van der Waals surface area contributed by atoms with Crippen LogP contribution in [0.3, 0.4) is 0 Å². The average molecular weight is 336 g/mol. The van der Waals surface area contributed by atoms with Gasteiger partial charge in [-0.05, 0) is 37.6 Å². The standard InChI is InChI=1S/C19H16N2O2S/c1-11-7-8-12(2)14(9-11)18(22)21-19-20-17-13-5-3-4-6-15(13)23-10-16(17)24-19/h3-9H,10H2,1-2H3,(H,20,21,22). The molecule has 0 saturated carbocycles. The van der Waals surface area contributed by atoms with Crippen molar-refractivity contribution in [1.82, 2.24) is 4.98 Å². The summed E-state index contributed by atoms with van der Waals surface area (Å²) in [6.07, 6.45) is 0. The topological polar surface area (TPSA) is 51.2 Å². The number of aryl methyl sites for hydroxylation is 2. The fourth-order valence-electron chi connectivity index (χ4n) is 2.79. The number of rotatable bonds is 2. The first-order valence-electron chi connectivity index (χ1n) is 7.72. The number of benzene rings is 2. The van der Waals surface area contributed by atoms with Crippen LogP contribution in [0.15, 0.2) is 42.5 Å². The third-order valence-corrected chi connectivity index (χ3v) is 5.00. The molecule has 0 atom stereocenters. The summed E-state index contributed by atoms with van der Waals surface area (Å²) >= 11 is 1.46. The van der Waals surface area contributed by atoms with Crippen LogP contribution in [0.4, 0.5) is 5.13 Å². The molecule has 0 fully saturated rings. The summed E-state index contributed by atoms with van der Waals surface area (Å²) in [5, 5.41) is 3.53. The highest BCUT2D eigenvalue weighted by molar-refractivity contribution is 7.16. The van der Waals surface area contributed by atoms with Gasteiger partial charge in [-0.1, -0.05) is 41.2 Å². The molecule has 2 aromatic carbocycles. The first kappa shape index (κ1) is 14.9. The number of thiazole rings is 1. The minimum absolute atomic E-state index is 0.128. The van der Waals surface area contributed by atoms with Crippen molar-refractivity contribution in [2.45, 2.75) is 20.5 Å². The highest BCUT2D eigenvalue weighted by Crippen LogP contribution is 2.40. The van der Waals surface area contributed by atoms with E-state index in [9.17, 15) is 4.79 Å². The van der Waals surface area contributed by atoms with Crippen molar-refractivity contribution >= 4 is 22.4 Å². The second kappa shape index (κ2) is 5.76. The molecule has 0 saturated heterocycles.